The Bertz CT molecular complexity index is 414. The van der Waals surface area contributed by atoms with Crippen LogP contribution in [0.4, 0.5) is 8.78 Å². The fourth-order valence-electron chi connectivity index (χ4n) is 1.48. The van der Waals surface area contributed by atoms with Gasteiger partial charge < -0.3 is 15.8 Å². The number of rotatable bonds is 8. The number of hydrogen-bond acceptors (Lipinski definition) is 3. The maximum Gasteiger partial charge on any atom is 0.224 e. The number of carbonyl (C=O) groups excluding carboxylic acids is 1. The van der Waals surface area contributed by atoms with Gasteiger partial charge in [-0.25, -0.2) is 8.78 Å². The Balaban J connectivity index is 2.21. The summed E-state index contributed by atoms with van der Waals surface area (Å²) in [6.07, 6.45) is 0.713. The van der Waals surface area contributed by atoms with Gasteiger partial charge in [0, 0.05) is 19.7 Å². The van der Waals surface area contributed by atoms with Gasteiger partial charge in [-0.2, -0.15) is 0 Å². The molecule has 0 fully saturated rings. The van der Waals surface area contributed by atoms with Crippen LogP contribution in [0.25, 0.3) is 0 Å². The van der Waals surface area contributed by atoms with Gasteiger partial charge in [-0.1, -0.05) is 6.07 Å². The fraction of sp³-hybridized carbons (Fsp3) is 0.462. The van der Waals surface area contributed by atoms with E-state index in [1.165, 1.54) is 6.07 Å². The Morgan fingerprint density at radius 1 is 1.26 bits per heavy atom. The molecule has 0 unspecified atom stereocenters. The van der Waals surface area contributed by atoms with Gasteiger partial charge >= 0.3 is 0 Å². The quantitative estimate of drug-likeness (QED) is 0.694. The highest BCUT2D eigenvalue weighted by Crippen LogP contribution is 2.09. The first-order valence-electron chi connectivity index (χ1n) is 6.12. The molecular formula is C13H18F2N2O2. The second-order valence-corrected chi connectivity index (χ2v) is 4.03. The van der Waals surface area contributed by atoms with Crippen molar-refractivity contribution in [3.63, 3.8) is 0 Å². The molecule has 106 valence electrons. The maximum atomic E-state index is 12.9. The van der Waals surface area contributed by atoms with E-state index in [-0.39, 0.29) is 12.3 Å². The Labute approximate surface area is 110 Å². The molecule has 1 amide bonds. The van der Waals surface area contributed by atoms with Crippen molar-refractivity contribution in [2.24, 2.45) is 5.73 Å². The van der Waals surface area contributed by atoms with Crippen molar-refractivity contribution in [2.45, 2.75) is 12.8 Å². The van der Waals surface area contributed by atoms with E-state index < -0.39 is 11.6 Å². The summed E-state index contributed by atoms with van der Waals surface area (Å²) in [5.41, 5.74) is 5.69. The number of amides is 1. The molecule has 0 spiro atoms. The lowest BCUT2D eigenvalue weighted by atomic mass is 10.1. The zero-order valence-corrected chi connectivity index (χ0v) is 10.6. The summed E-state index contributed by atoms with van der Waals surface area (Å²) < 4.78 is 30.8. The van der Waals surface area contributed by atoms with Gasteiger partial charge in [-0.05, 0) is 24.1 Å². The number of halogens is 2. The van der Waals surface area contributed by atoms with E-state index in [0.717, 1.165) is 12.1 Å². The van der Waals surface area contributed by atoms with E-state index >= 15 is 0 Å². The molecule has 0 saturated heterocycles. The molecule has 4 nitrogen and oxygen atoms in total. The minimum Gasteiger partial charge on any atom is -0.380 e. The molecule has 0 atom stereocenters. The fourth-order valence-corrected chi connectivity index (χ4v) is 1.48. The van der Waals surface area contributed by atoms with E-state index in [1.54, 1.807) is 0 Å². The van der Waals surface area contributed by atoms with Crippen LogP contribution in [-0.2, 0) is 16.0 Å². The van der Waals surface area contributed by atoms with Crippen LogP contribution >= 0.6 is 0 Å². The van der Waals surface area contributed by atoms with Crippen LogP contribution in [0.3, 0.4) is 0 Å². The second kappa shape index (κ2) is 8.55. The molecule has 6 heteroatoms. The number of nitrogens with two attached hydrogens (primary N) is 1. The highest BCUT2D eigenvalue weighted by Gasteiger charge is 2.06. The van der Waals surface area contributed by atoms with Gasteiger partial charge in [0.2, 0.25) is 5.91 Å². The van der Waals surface area contributed by atoms with Gasteiger partial charge in [0.05, 0.1) is 13.0 Å². The third-order valence-corrected chi connectivity index (χ3v) is 2.40. The van der Waals surface area contributed by atoms with Crippen LogP contribution in [0.2, 0.25) is 0 Å². The molecule has 0 aliphatic rings. The molecule has 0 heterocycles. The highest BCUT2D eigenvalue weighted by atomic mass is 19.2. The Hall–Kier alpha value is -1.53. The molecule has 0 radical (unpaired) electrons. The summed E-state index contributed by atoms with van der Waals surface area (Å²) in [5, 5.41) is 2.68. The first kappa shape index (κ1) is 15.5. The molecule has 0 aromatic heterocycles. The van der Waals surface area contributed by atoms with E-state index in [0.29, 0.717) is 38.3 Å². The topological polar surface area (TPSA) is 64.3 Å². The van der Waals surface area contributed by atoms with Crippen LogP contribution in [-0.4, -0.2) is 32.2 Å². The van der Waals surface area contributed by atoms with Gasteiger partial charge in [0.1, 0.15) is 0 Å². The zero-order chi connectivity index (χ0) is 14.1. The lowest BCUT2D eigenvalue weighted by Gasteiger charge is -2.06. The molecule has 0 aliphatic heterocycles. The molecule has 0 bridgehead atoms. The number of nitrogens with one attached hydrogen (secondary N) is 1. The van der Waals surface area contributed by atoms with Crippen molar-refractivity contribution in [1.82, 2.24) is 5.32 Å². The number of benzene rings is 1. The first-order chi connectivity index (χ1) is 9.13. The lowest BCUT2D eigenvalue weighted by molar-refractivity contribution is -0.120. The lowest BCUT2D eigenvalue weighted by Crippen LogP contribution is -2.27. The third-order valence-electron chi connectivity index (χ3n) is 2.40. The Morgan fingerprint density at radius 2 is 2.05 bits per heavy atom. The predicted octanol–water partition coefficient (Wildman–Crippen LogP) is 0.989. The maximum absolute atomic E-state index is 12.9. The summed E-state index contributed by atoms with van der Waals surface area (Å²) in [5.74, 6) is -2.09. The summed E-state index contributed by atoms with van der Waals surface area (Å²) in [7, 11) is 0. The van der Waals surface area contributed by atoms with E-state index in [9.17, 15) is 13.6 Å². The van der Waals surface area contributed by atoms with Crippen molar-refractivity contribution in [1.29, 1.82) is 0 Å². The van der Waals surface area contributed by atoms with Gasteiger partial charge in [0.25, 0.3) is 0 Å². The standard InChI is InChI=1S/C13H18F2N2O2/c14-11-3-2-10(8-12(11)15)9-13(18)17-5-1-6-19-7-4-16/h2-3,8H,1,4-7,9,16H2,(H,17,18). The first-order valence-corrected chi connectivity index (χ1v) is 6.12. The number of carbonyl (C=O) groups is 1. The smallest absolute Gasteiger partial charge is 0.224 e. The molecule has 1 rings (SSSR count). The summed E-state index contributed by atoms with van der Waals surface area (Å²) in [6, 6.07) is 3.43. The Kier molecular flexibility index (Phi) is 6.99. The second-order valence-electron chi connectivity index (χ2n) is 4.03. The van der Waals surface area contributed by atoms with E-state index in [4.69, 9.17) is 10.5 Å². The largest absolute Gasteiger partial charge is 0.380 e. The van der Waals surface area contributed by atoms with E-state index in [2.05, 4.69) is 5.32 Å². The third kappa shape index (κ3) is 6.26. The SMILES string of the molecule is NCCOCCCNC(=O)Cc1ccc(F)c(F)c1. The zero-order valence-electron chi connectivity index (χ0n) is 10.6. The van der Waals surface area contributed by atoms with Crippen molar-refractivity contribution < 1.29 is 18.3 Å². The average Bonchev–Trinajstić information content (AvgIpc) is 2.38. The van der Waals surface area contributed by atoms with Crippen molar-refractivity contribution in [2.75, 3.05) is 26.3 Å². The number of ether oxygens (including phenoxy) is 1. The van der Waals surface area contributed by atoms with Gasteiger partial charge in [0.15, 0.2) is 11.6 Å². The van der Waals surface area contributed by atoms with Crippen molar-refractivity contribution in [3.05, 3.63) is 35.4 Å². The van der Waals surface area contributed by atoms with Crippen LogP contribution in [0.5, 0.6) is 0 Å². The summed E-state index contributed by atoms with van der Waals surface area (Å²) in [4.78, 5) is 11.5. The highest BCUT2D eigenvalue weighted by molar-refractivity contribution is 5.78. The minimum absolute atomic E-state index is 0.0286. The van der Waals surface area contributed by atoms with Crippen LogP contribution in [0.1, 0.15) is 12.0 Å². The molecule has 19 heavy (non-hydrogen) atoms. The molecule has 1 aromatic carbocycles. The normalized spacial score (nSPS) is 10.5. The summed E-state index contributed by atoms with van der Waals surface area (Å²) in [6.45, 7) is 1.99. The van der Waals surface area contributed by atoms with Crippen LogP contribution in [0.15, 0.2) is 18.2 Å². The molecule has 3 N–H and O–H groups in total. The van der Waals surface area contributed by atoms with Crippen molar-refractivity contribution >= 4 is 5.91 Å². The monoisotopic (exact) mass is 272 g/mol. The van der Waals surface area contributed by atoms with Crippen LogP contribution in [0, 0.1) is 11.6 Å². The molecule has 0 saturated carbocycles. The van der Waals surface area contributed by atoms with Crippen LogP contribution < -0.4 is 11.1 Å². The van der Waals surface area contributed by atoms with E-state index in [1.807, 2.05) is 0 Å². The molecule has 0 aliphatic carbocycles. The van der Waals surface area contributed by atoms with Crippen molar-refractivity contribution in [3.8, 4) is 0 Å². The minimum atomic E-state index is -0.944. The van der Waals surface area contributed by atoms with Gasteiger partial charge in [-0.3, -0.25) is 4.79 Å². The molecule has 1 aromatic rings. The summed E-state index contributed by atoms with van der Waals surface area (Å²) >= 11 is 0. The predicted molar refractivity (Wildman–Crippen MR) is 67.6 cm³/mol. The Morgan fingerprint density at radius 3 is 2.74 bits per heavy atom. The van der Waals surface area contributed by atoms with Gasteiger partial charge in [-0.15, -0.1) is 0 Å². The molecular weight excluding hydrogens is 254 g/mol. The average molecular weight is 272 g/mol. The number of hydrogen-bond donors (Lipinski definition) is 2.